The first kappa shape index (κ1) is 12.1. The lowest BCUT2D eigenvalue weighted by molar-refractivity contribution is 0.180. The number of unbranched alkanes of at least 4 members (excludes halogenated alkanes) is 1. The topological polar surface area (TPSA) is 9.23 Å². The average Bonchev–Trinajstić information content (AvgIpc) is 2.28. The molecule has 1 nitrogen and oxygen atoms in total. The Labute approximate surface area is 93.5 Å². The molecule has 0 fully saturated rings. The minimum atomic E-state index is 0.369. The minimum Gasteiger partial charge on any atom is -0.490 e. The number of ether oxygens (including phenoxy) is 1. The summed E-state index contributed by atoms with van der Waals surface area (Å²) in [6.45, 7) is 4.31. The summed E-state index contributed by atoms with van der Waals surface area (Å²) in [5.74, 6) is 0.993. The summed E-state index contributed by atoms with van der Waals surface area (Å²) in [7, 11) is 0. The SMILES string of the molecule is C[CH]CCC(CCC)Oc1ccccc1. The third kappa shape index (κ3) is 4.87. The lowest BCUT2D eigenvalue weighted by atomic mass is 10.1. The van der Waals surface area contributed by atoms with E-state index in [1.165, 1.54) is 6.42 Å². The van der Waals surface area contributed by atoms with Gasteiger partial charge < -0.3 is 4.74 Å². The van der Waals surface area contributed by atoms with Gasteiger partial charge in [-0.05, 0) is 37.8 Å². The summed E-state index contributed by atoms with van der Waals surface area (Å²) in [4.78, 5) is 0. The van der Waals surface area contributed by atoms with Gasteiger partial charge in [-0.1, -0.05) is 38.5 Å². The van der Waals surface area contributed by atoms with Crippen LogP contribution >= 0.6 is 0 Å². The van der Waals surface area contributed by atoms with Crippen molar-refractivity contribution in [3.05, 3.63) is 36.8 Å². The first-order valence-electron chi connectivity index (χ1n) is 5.86. The van der Waals surface area contributed by atoms with E-state index in [-0.39, 0.29) is 0 Å². The molecule has 1 radical (unpaired) electrons. The second-order valence-corrected chi connectivity index (χ2v) is 3.83. The van der Waals surface area contributed by atoms with Crippen LogP contribution in [0.2, 0.25) is 0 Å². The second kappa shape index (κ2) is 7.33. The molecule has 0 amide bonds. The van der Waals surface area contributed by atoms with Crippen molar-refractivity contribution in [2.45, 2.75) is 45.6 Å². The Balaban J connectivity index is 2.43. The third-order valence-corrected chi connectivity index (χ3v) is 2.43. The van der Waals surface area contributed by atoms with Crippen LogP contribution in [-0.4, -0.2) is 6.10 Å². The highest BCUT2D eigenvalue weighted by Gasteiger charge is 2.08. The van der Waals surface area contributed by atoms with E-state index in [1.807, 2.05) is 30.3 Å². The van der Waals surface area contributed by atoms with Crippen molar-refractivity contribution in [2.75, 3.05) is 0 Å². The van der Waals surface area contributed by atoms with Crippen LogP contribution in [0.3, 0.4) is 0 Å². The Morgan fingerprint density at radius 2 is 1.93 bits per heavy atom. The number of para-hydroxylation sites is 1. The molecule has 0 aliphatic heterocycles. The van der Waals surface area contributed by atoms with Crippen LogP contribution in [-0.2, 0) is 0 Å². The molecule has 0 heterocycles. The maximum Gasteiger partial charge on any atom is 0.119 e. The van der Waals surface area contributed by atoms with Gasteiger partial charge in [0.15, 0.2) is 0 Å². The summed E-state index contributed by atoms with van der Waals surface area (Å²) in [5, 5.41) is 0. The maximum absolute atomic E-state index is 5.94. The van der Waals surface area contributed by atoms with Crippen LogP contribution in [0, 0.1) is 6.42 Å². The first-order valence-corrected chi connectivity index (χ1v) is 5.86. The summed E-state index contributed by atoms with van der Waals surface area (Å²) < 4.78 is 5.94. The molecule has 1 aromatic carbocycles. The van der Waals surface area contributed by atoms with E-state index in [9.17, 15) is 0 Å². The molecule has 83 valence electrons. The predicted molar refractivity (Wildman–Crippen MR) is 65.0 cm³/mol. The highest BCUT2D eigenvalue weighted by atomic mass is 16.5. The molecule has 15 heavy (non-hydrogen) atoms. The van der Waals surface area contributed by atoms with E-state index in [2.05, 4.69) is 20.3 Å². The number of benzene rings is 1. The van der Waals surface area contributed by atoms with Gasteiger partial charge in [0.25, 0.3) is 0 Å². The fourth-order valence-corrected chi connectivity index (χ4v) is 1.63. The number of rotatable bonds is 7. The van der Waals surface area contributed by atoms with E-state index < -0.39 is 0 Å². The Hall–Kier alpha value is -0.980. The molecule has 0 aliphatic rings. The lowest BCUT2D eigenvalue weighted by Crippen LogP contribution is -2.16. The molecular weight excluding hydrogens is 184 g/mol. The van der Waals surface area contributed by atoms with Crippen molar-refractivity contribution in [2.24, 2.45) is 0 Å². The van der Waals surface area contributed by atoms with Crippen LogP contribution in [0.15, 0.2) is 30.3 Å². The van der Waals surface area contributed by atoms with Crippen molar-refractivity contribution in [1.29, 1.82) is 0 Å². The molecule has 0 spiro atoms. The van der Waals surface area contributed by atoms with Gasteiger partial charge in [0.1, 0.15) is 5.75 Å². The molecular formula is C14H21O. The molecule has 1 aromatic rings. The van der Waals surface area contributed by atoms with E-state index in [0.29, 0.717) is 6.10 Å². The molecule has 0 saturated heterocycles. The van der Waals surface area contributed by atoms with Crippen LogP contribution in [0.1, 0.15) is 39.5 Å². The molecule has 0 saturated carbocycles. The van der Waals surface area contributed by atoms with Gasteiger partial charge >= 0.3 is 0 Å². The summed E-state index contributed by atoms with van der Waals surface area (Å²) in [5.41, 5.74) is 0. The Bertz CT molecular complexity index is 243. The molecule has 1 atom stereocenters. The molecule has 1 heteroatoms. The number of hydrogen-bond acceptors (Lipinski definition) is 1. The summed E-state index contributed by atoms with van der Waals surface area (Å²) in [6.07, 6.45) is 7.16. The standard InChI is InChI=1S/C14H21O/c1-3-5-10-13(9-4-2)15-14-11-7-6-8-12-14/h3,6-8,11-13H,4-5,9-10H2,1-2H3. The van der Waals surface area contributed by atoms with Crippen LogP contribution in [0.4, 0.5) is 0 Å². The fraction of sp³-hybridized carbons (Fsp3) is 0.500. The van der Waals surface area contributed by atoms with Crippen molar-refractivity contribution in [3.63, 3.8) is 0 Å². The molecule has 0 aliphatic carbocycles. The van der Waals surface area contributed by atoms with E-state index >= 15 is 0 Å². The average molecular weight is 205 g/mol. The molecule has 1 unspecified atom stereocenters. The zero-order chi connectivity index (χ0) is 10.9. The third-order valence-electron chi connectivity index (χ3n) is 2.43. The quantitative estimate of drug-likeness (QED) is 0.647. The van der Waals surface area contributed by atoms with Gasteiger partial charge in [0.05, 0.1) is 6.10 Å². The van der Waals surface area contributed by atoms with Crippen molar-refractivity contribution in [1.82, 2.24) is 0 Å². The Morgan fingerprint density at radius 1 is 1.20 bits per heavy atom. The highest BCUT2D eigenvalue weighted by molar-refractivity contribution is 5.21. The molecule has 0 bridgehead atoms. The molecule has 0 aromatic heterocycles. The minimum absolute atomic E-state index is 0.369. The molecule has 0 N–H and O–H groups in total. The van der Waals surface area contributed by atoms with Gasteiger partial charge in [-0.25, -0.2) is 0 Å². The zero-order valence-corrected chi connectivity index (χ0v) is 9.78. The monoisotopic (exact) mass is 205 g/mol. The van der Waals surface area contributed by atoms with E-state index in [0.717, 1.165) is 25.0 Å². The normalized spacial score (nSPS) is 12.4. The second-order valence-electron chi connectivity index (χ2n) is 3.83. The summed E-state index contributed by atoms with van der Waals surface area (Å²) in [6, 6.07) is 10.1. The van der Waals surface area contributed by atoms with Crippen LogP contribution < -0.4 is 4.74 Å². The van der Waals surface area contributed by atoms with Gasteiger partial charge in [-0.3, -0.25) is 0 Å². The zero-order valence-electron chi connectivity index (χ0n) is 9.78. The predicted octanol–water partition coefficient (Wildman–Crippen LogP) is 4.24. The van der Waals surface area contributed by atoms with Gasteiger partial charge in [-0.2, -0.15) is 0 Å². The van der Waals surface area contributed by atoms with Crippen LogP contribution in [0.5, 0.6) is 5.75 Å². The summed E-state index contributed by atoms with van der Waals surface area (Å²) >= 11 is 0. The molecule has 1 rings (SSSR count). The fourth-order valence-electron chi connectivity index (χ4n) is 1.63. The van der Waals surface area contributed by atoms with E-state index in [4.69, 9.17) is 4.74 Å². The number of hydrogen-bond donors (Lipinski definition) is 0. The smallest absolute Gasteiger partial charge is 0.119 e. The van der Waals surface area contributed by atoms with Crippen LogP contribution in [0.25, 0.3) is 0 Å². The van der Waals surface area contributed by atoms with Gasteiger partial charge in [0, 0.05) is 0 Å². The van der Waals surface area contributed by atoms with Gasteiger partial charge in [-0.15, -0.1) is 0 Å². The highest BCUT2D eigenvalue weighted by Crippen LogP contribution is 2.16. The Kier molecular flexibility index (Phi) is 5.91. The van der Waals surface area contributed by atoms with Gasteiger partial charge in [0.2, 0.25) is 0 Å². The largest absolute Gasteiger partial charge is 0.490 e. The van der Waals surface area contributed by atoms with Crippen molar-refractivity contribution >= 4 is 0 Å². The maximum atomic E-state index is 5.94. The first-order chi connectivity index (χ1) is 7.36. The Morgan fingerprint density at radius 3 is 2.53 bits per heavy atom. The van der Waals surface area contributed by atoms with Crippen molar-refractivity contribution < 1.29 is 4.74 Å². The van der Waals surface area contributed by atoms with Crippen molar-refractivity contribution in [3.8, 4) is 5.75 Å². The van der Waals surface area contributed by atoms with E-state index in [1.54, 1.807) is 0 Å². The lowest BCUT2D eigenvalue weighted by Gasteiger charge is -2.18.